The zero-order valence-corrected chi connectivity index (χ0v) is 22.6. The van der Waals surface area contributed by atoms with E-state index in [0.717, 1.165) is 44.9 Å². The second-order valence-corrected chi connectivity index (χ2v) is 9.34. The SMILES string of the molecule is CCCCCCCCOC(=O)N=c1nc(N2CC=CCC2)cc(NC(=O)OCCCCCCCC)n1O. The van der Waals surface area contributed by atoms with Crippen molar-refractivity contribution in [1.82, 2.24) is 9.71 Å². The van der Waals surface area contributed by atoms with Crippen LogP contribution in [0.4, 0.5) is 21.2 Å². The number of unbranched alkanes of at least 4 members (excludes halogenated alkanes) is 10. The molecule has 0 aromatic carbocycles. The maximum Gasteiger partial charge on any atom is 0.437 e. The monoisotopic (exact) mass is 519 g/mol. The van der Waals surface area contributed by atoms with Crippen molar-refractivity contribution < 1.29 is 24.3 Å². The number of hydrogen-bond acceptors (Lipinski definition) is 7. The molecule has 0 unspecified atom stereocenters. The van der Waals surface area contributed by atoms with E-state index in [1.807, 2.05) is 11.0 Å². The third-order valence-electron chi connectivity index (χ3n) is 6.16. The second-order valence-electron chi connectivity index (χ2n) is 9.34. The van der Waals surface area contributed by atoms with Crippen molar-refractivity contribution in [2.75, 3.05) is 36.5 Å². The Bertz CT molecular complexity index is 915. The highest BCUT2D eigenvalue weighted by molar-refractivity contribution is 5.83. The summed E-state index contributed by atoms with van der Waals surface area (Å²) in [5.41, 5.74) is -0.272. The average Bonchev–Trinajstić information content (AvgIpc) is 2.90. The fourth-order valence-electron chi connectivity index (χ4n) is 3.99. The largest absolute Gasteiger partial charge is 0.449 e. The van der Waals surface area contributed by atoms with Gasteiger partial charge in [-0.15, -0.1) is 9.72 Å². The standard InChI is InChI=1S/C27H45N5O5/c1-3-5-7-9-11-16-20-36-26(33)29-24-22-23(31-18-14-13-15-19-31)28-25(32(24)35)30-27(34)37-21-17-12-10-8-6-4-2/h13-14,22,35H,3-12,15-21H2,1-2H3,(H,29,33). The minimum absolute atomic E-state index is 0.00923. The Kier molecular flexibility index (Phi) is 14.9. The molecular formula is C27H45N5O5. The van der Waals surface area contributed by atoms with Crippen LogP contribution in [-0.2, 0) is 9.47 Å². The molecule has 0 spiro atoms. The number of hydrogen-bond donors (Lipinski definition) is 2. The number of carbonyl (C=O) groups excluding carboxylic acids is 2. The highest BCUT2D eigenvalue weighted by Gasteiger charge is 2.16. The number of carbonyl (C=O) groups is 2. The molecule has 208 valence electrons. The number of aromatic nitrogens is 2. The molecule has 2 rings (SSSR count). The minimum Gasteiger partial charge on any atom is -0.449 e. The van der Waals surface area contributed by atoms with Crippen molar-refractivity contribution in [2.24, 2.45) is 4.99 Å². The van der Waals surface area contributed by atoms with Gasteiger partial charge < -0.3 is 19.6 Å². The topological polar surface area (TPSA) is 118 Å². The average molecular weight is 520 g/mol. The lowest BCUT2D eigenvalue weighted by Crippen LogP contribution is -2.34. The fourth-order valence-corrected chi connectivity index (χ4v) is 3.99. The van der Waals surface area contributed by atoms with Gasteiger partial charge in [-0.3, -0.25) is 5.32 Å². The Morgan fingerprint density at radius 1 is 0.946 bits per heavy atom. The summed E-state index contributed by atoms with van der Waals surface area (Å²) >= 11 is 0. The van der Waals surface area contributed by atoms with Crippen molar-refractivity contribution in [3.63, 3.8) is 0 Å². The first-order valence-corrected chi connectivity index (χ1v) is 13.9. The molecule has 2 heterocycles. The molecule has 1 aromatic rings. The molecular weight excluding hydrogens is 474 g/mol. The molecule has 0 atom stereocenters. The lowest BCUT2D eigenvalue weighted by Gasteiger charge is -2.25. The van der Waals surface area contributed by atoms with E-state index in [1.165, 1.54) is 44.6 Å². The molecule has 1 aliphatic rings. The van der Waals surface area contributed by atoms with Crippen LogP contribution in [0.3, 0.4) is 0 Å². The highest BCUT2D eigenvalue weighted by atomic mass is 16.6. The van der Waals surface area contributed by atoms with Gasteiger partial charge in [-0.1, -0.05) is 90.2 Å². The molecule has 2 N–H and O–H groups in total. The van der Waals surface area contributed by atoms with Crippen molar-refractivity contribution in [1.29, 1.82) is 0 Å². The molecule has 0 radical (unpaired) electrons. The molecule has 0 fully saturated rings. The Morgan fingerprint density at radius 3 is 2.19 bits per heavy atom. The molecule has 10 nitrogen and oxygen atoms in total. The Labute approximate surface area is 220 Å². The molecule has 1 aromatic heterocycles. The van der Waals surface area contributed by atoms with Crippen LogP contribution in [0.2, 0.25) is 0 Å². The Hall–Kier alpha value is -3.04. The zero-order valence-electron chi connectivity index (χ0n) is 22.6. The highest BCUT2D eigenvalue weighted by Crippen LogP contribution is 2.17. The summed E-state index contributed by atoms with van der Waals surface area (Å²) in [5.74, 6) is 0.485. The van der Waals surface area contributed by atoms with E-state index in [9.17, 15) is 14.8 Å². The summed E-state index contributed by atoms with van der Waals surface area (Å²) in [6.45, 7) is 6.22. The summed E-state index contributed by atoms with van der Waals surface area (Å²) in [6.07, 6.45) is 16.3. The van der Waals surface area contributed by atoms with Crippen LogP contribution < -0.4 is 15.8 Å². The van der Waals surface area contributed by atoms with Gasteiger partial charge in [0.2, 0.25) is 0 Å². The third-order valence-corrected chi connectivity index (χ3v) is 6.16. The van der Waals surface area contributed by atoms with E-state index in [0.29, 0.717) is 30.2 Å². The zero-order chi connectivity index (χ0) is 26.7. The number of amides is 2. The van der Waals surface area contributed by atoms with Crippen molar-refractivity contribution >= 4 is 23.8 Å². The van der Waals surface area contributed by atoms with Crippen LogP contribution in [0.25, 0.3) is 0 Å². The smallest absolute Gasteiger partial charge is 0.437 e. The number of nitrogens with zero attached hydrogens (tertiary/aromatic N) is 4. The van der Waals surface area contributed by atoms with Gasteiger partial charge in [-0.25, -0.2) is 9.59 Å². The Balaban J connectivity index is 2.01. The quantitative estimate of drug-likeness (QED) is 0.152. The second kappa shape index (κ2) is 18.2. The molecule has 2 amide bonds. The third kappa shape index (κ3) is 12.2. The van der Waals surface area contributed by atoms with Gasteiger partial charge in [0.15, 0.2) is 5.82 Å². The summed E-state index contributed by atoms with van der Waals surface area (Å²) in [6, 6.07) is 1.53. The number of nitrogens with one attached hydrogen (secondary N) is 1. The summed E-state index contributed by atoms with van der Waals surface area (Å²) in [7, 11) is 0. The minimum atomic E-state index is -0.837. The fraction of sp³-hybridized carbons (Fsp3) is 0.704. The molecule has 10 heteroatoms. The lowest BCUT2D eigenvalue weighted by molar-refractivity contribution is 0.145. The maximum absolute atomic E-state index is 12.4. The van der Waals surface area contributed by atoms with Crippen LogP contribution in [-0.4, -0.2) is 53.4 Å². The summed E-state index contributed by atoms with van der Waals surface area (Å²) in [4.78, 5) is 34.8. The van der Waals surface area contributed by atoms with Crippen LogP contribution in [0.1, 0.15) is 97.3 Å². The van der Waals surface area contributed by atoms with E-state index in [-0.39, 0.29) is 18.0 Å². The van der Waals surface area contributed by atoms with Gasteiger partial charge in [-0.05, 0) is 19.3 Å². The van der Waals surface area contributed by atoms with Gasteiger partial charge >= 0.3 is 12.2 Å². The van der Waals surface area contributed by atoms with E-state index < -0.39 is 12.2 Å². The first-order chi connectivity index (χ1) is 18.0. The van der Waals surface area contributed by atoms with Crippen molar-refractivity contribution in [2.45, 2.75) is 97.3 Å². The molecule has 0 saturated heterocycles. The van der Waals surface area contributed by atoms with E-state index in [2.05, 4.69) is 35.2 Å². The molecule has 0 bridgehead atoms. The van der Waals surface area contributed by atoms with Crippen molar-refractivity contribution in [3.05, 3.63) is 23.8 Å². The molecule has 37 heavy (non-hydrogen) atoms. The first kappa shape index (κ1) is 30.2. The molecule has 1 aliphatic heterocycles. The van der Waals surface area contributed by atoms with E-state index >= 15 is 0 Å². The first-order valence-electron chi connectivity index (χ1n) is 13.9. The number of ether oxygens (including phenoxy) is 2. The Morgan fingerprint density at radius 2 is 1.57 bits per heavy atom. The summed E-state index contributed by atoms with van der Waals surface area (Å²) in [5, 5.41) is 13.2. The lowest BCUT2D eigenvalue weighted by atomic mass is 10.1. The molecule has 0 saturated carbocycles. The van der Waals surface area contributed by atoms with Crippen LogP contribution >= 0.6 is 0 Å². The van der Waals surface area contributed by atoms with Gasteiger partial charge in [0.1, 0.15) is 5.82 Å². The molecule has 0 aliphatic carbocycles. The summed E-state index contributed by atoms with van der Waals surface area (Å²) < 4.78 is 11.1. The number of anilines is 2. The normalized spacial score (nSPS) is 13.6. The predicted octanol–water partition coefficient (Wildman–Crippen LogP) is 6.19. The van der Waals surface area contributed by atoms with Gasteiger partial charge in [0, 0.05) is 19.2 Å². The number of rotatable bonds is 16. The van der Waals surface area contributed by atoms with Crippen molar-refractivity contribution in [3.8, 4) is 0 Å². The van der Waals surface area contributed by atoms with E-state index in [4.69, 9.17) is 9.47 Å². The van der Waals surface area contributed by atoms with Gasteiger partial charge in [0.05, 0.1) is 13.2 Å². The van der Waals surface area contributed by atoms with Crippen LogP contribution in [0.5, 0.6) is 0 Å². The van der Waals surface area contributed by atoms with Gasteiger partial charge in [0.25, 0.3) is 5.62 Å². The van der Waals surface area contributed by atoms with Crippen LogP contribution in [0.15, 0.2) is 23.2 Å². The van der Waals surface area contributed by atoms with Crippen LogP contribution in [0, 0.1) is 0 Å². The van der Waals surface area contributed by atoms with E-state index in [1.54, 1.807) is 0 Å². The predicted molar refractivity (Wildman–Crippen MR) is 144 cm³/mol. The van der Waals surface area contributed by atoms with Gasteiger partial charge in [-0.2, -0.15) is 4.98 Å². The maximum atomic E-state index is 12.4.